The molecular weight excluding hydrogens is 246 g/mol. The Hall–Kier alpha value is -0.870. The van der Waals surface area contributed by atoms with E-state index in [0.29, 0.717) is 16.3 Å². The van der Waals surface area contributed by atoms with E-state index < -0.39 is 5.97 Å². The second-order valence-electron chi connectivity index (χ2n) is 5.89. The molecule has 2 rings (SSSR count). The predicted molar refractivity (Wildman–Crippen MR) is 74.2 cm³/mol. The van der Waals surface area contributed by atoms with Gasteiger partial charge in [-0.3, -0.25) is 0 Å². The van der Waals surface area contributed by atoms with E-state index in [4.69, 9.17) is 5.11 Å². The van der Waals surface area contributed by atoms with Crippen molar-refractivity contribution < 1.29 is 9.90 Å². The summed E-state index contributed by atoms with van der Waals surface area (Å²) >= 11 is 1.37. The summed E-state index contributed by atoms with van der Waals surface area (Å²) in [6.45, 7) is 5.46. The zero-order valence-electron chi connectivity index (χ0n) is 11.0. The summed E-state index contributed by atoms with van der Waals surface area (Å²) in [7, 11) is 0. The normalized spacial score (nSPS) is 19.9. The average molecular weight is 267 g/mol. The second kappa shape index (κ2) is 5.41. The van der Waals surface area contributed by atoms with Crippen molar-refractivity contribution in [3.05, 3.63) is 21.9 Å². The van der Waals surface area contributed by atoms with Crippen molar-refractivity contribution in [3.63, 3.8) is 0 Å². The molecule has 1 heterocycles. The molecule has 0 aromatic carbocycles. The highest BCUT2D eigenvalue weighted by molar-refractivity contribution is 7.13. The second-order valence-corrected chi connectivity index (χ2v) is 7.06. The van der Waals surface area contributed by atoms with Gasteiger partial charge in [0.2, 0.25) is 0 Å². The zero-order valence-corrected chi connectivity index (χ0v) is 11.8. The van der Waals surface area contributed by atoms with Crippen molar-refractivity contribution in [3.8, 4) is 0 Å². The number of hydrogen-bond donors (Lipinski definition) is 2. The van der Waals surface area contributed by atoms with E-state index in [2.05, 4.69) is 19.2 Å². The summed E-state index contributed by atoms with van der Waals surface area (Å²) in [5.74, 6) is -0.828. The zero-order chi connectivity index (χ0) is 13.2. The van der Waals surface area contributed by atoms with Crippen molar-refractivity contribution in [1.29, 1.82) is 0 Å². The first-order valence-corrected chi connectivity index (χ1v) is 7.33. The smallest absolute Gasteiger partial charge is 0.345 e. The number of carboxylic acids is 1. The minimum absolute atomic E-state index is 0.427. The summed E-state index contributed by atoms with van der Waals surface area (Å²) in [5.41, 5.74) is 0.498. The van der Waals surface area contributed by atoms with Gasteiger partial charge >= 0.3 is 5.97 Å². The lowest BCUT2D eigenvalue weighted by Gasteiger charge is -2.34. The standard InChI is InChI=1S/C14H21NO2S/c1-14(2)7-5-10(6-8-14)15-9-11-3-4-12(18-11)13(16)17/h3-4,10,15H,5-9H2,1-2H3,(H,16,17). The molecule has 2 N–H and O–H groups in total. The highest BCUT2D eigenvalue weighted by atomic mass is 32.1. The Morgan fingerprint density at radius 3 is 2.67 bits per heavy atom. The molecule has 1 saturated carbocycles. The van der Waals surface area contributed by atoms with Gasteiger partial charge in [-0.15, -0.1) is 11.3 Å². The third-order valence-corrected chi connectivity index (χ3v) is 4.85. The van der Waals surface area contributed by atoms with E-state index in [1.165, 1.54) is 37.0 Å². The summed E-state index contributed by atoms with van der Waals surface area (Å²) in [5, 5.41) is 12.4. The summed E-state index contributed by atoms with van der Waals surface area (Å²) in [6, 6.07) is 4.19. The molecule has 1 aliphatic carbocycles. The molecule has 0 unspecified atom stereocenters. The molecular formula is C14H21NO2S. The number of carbonyl (C=O) groups is 1. The monoisotopic (exact) mass is 267 g/mol. The molecule has 0 bridgehead atoms. The third kappa shape index (κ3) is 3.56. The maximum atomic E-state index is 10.8. The van der Waals surface area contributed by atoms with E-state index >= 15 is 0 Å². The lowest BCUT2D eigenvalue weighted by atomic mass is 9.75. The molecule has 1 aromatic heterocycles. The SMILES string of the molecule is CC1(C)CCC(NCc2ccc(C(=O)O)s2)CC1. The molecule has 0 radical (unpaired) electrons. The van der Waals surface area contributed by atoms with Gasteiger partial charge in [-0.25, -0.2) is 4.79 Å². The van der Waals surface area contributed by atoms with Gasteiger partial charge in [0.25, 0.3) is 0 Å². The van der Waals surface area contributed by atoms with Crippen molar-refractivity contribution >= 4 is 17.3 Å². The van der Waals surface area contributed by atoms with Gasteiger partial charge in [-0.1, -0.05) is 13.8 Å². The summed E-state index contributed by atoms with van der Waals surface area (Å²) < 4.78 is 0. The Morgan fingerprint density at radius 1 is 1.44 bits per heavy atom. The Kier molecular flexibility index (Phi) is 4.07. The van der Waals surface area contributed by atoms with Gasteiger partial charge in [0, 0.05) is 17.5 Å². The number of rotatable bonds is 4. The molecule has 1 fully saturated rings. The number of aromatic carboxylic acids is 1. The fraction of sp³-hybridized carbons (Fsp3) is 0.643. The van der Waals surface area contributed by atoms with Crippen LogP contribution in [-0.2, 0) is 6.54 Å². The lowest BCUT2D eigenvalue weighted by molar-refractivity contribution is 0.0702. The highest BCUT2D eigenvalue weighted by Gasteiger charge is 2.26. The van der Waals surface area contributed by atoms with Crippen LogP contribution in [0.25, 0.3) is 0 Å². The molecule has 0 spiro atoms. The van der Waals surface area contributed by atoms with E-state index in [9.17, 15) is 4.79 Å². The van der Waals surface area contributed by atoms with Crippen LogP contribution in [0.3, 0.4) is 0 Å². The minimum Gasteiger partial charge on any atom is -0.477 e. The van der Waals surface area contributed by atoms with Gasteiger partial charge in [-0.2, -0.15) is 0 Å². The molecule has 1 aromatic rings. The summed E-state index contributed by atoms with van der Waals surface area (Å²) in [4.78, 5) is 12.3. The van der Waals surface area contributed by atoms with Gasteiger partial charge in [0.05, 0.1) is 0 Å². The van der Waals surface area contributed by atoms with Gasteiger partial charge in [0.15, 0.2) is 0 Å². The first-order valence-electron chi connectivity index (χ1n) is 6.52. The van der Waals surface area contributed by atoms with Gasteiger partial charge in [0.1, 0.15) is 4.88 Å². The van der Waals surface area contributed by atoms with Gasteiger partial charge < -0.3 is 10.4 Å². The number of carboxylic acid groups (broad SMARTS) is 1. The predicted octanol–water partition coefficient (Wildman–Crippen LogP) is 3.50. The molecule has 0 atom stereocenters. The Bertz CT molecular complexity index is 415. The van der Waals surface area contributed by atoms with E-state index in [-0.39, 0.29) is 0 Å². The third-order valence-electron chi connectivity index (χ3n) is 3.78. The largest absolute Gasteiger partial charge is 0.477 e. The van der Waals surface area contributed by atoms with Crippen LogP contribution in [0.2, 0.25) is 0 Å². The first kappa shape index (κ1) is 13.6. The Morgan fingerprint density at radius 2 is 2.11 bits per heavy atom. The maximum absolute atomic E-state index is 10.8. The van der Waals surface area contributed by atoms with E-state index in [1.807, 2.05) is 6.07 Å². The maximum Gasteiger partial charge on any atom is 0.345 e. The van der Waals surface area contributed by atoms with Gasteiger partial charge in [-0.05, 0) is 43.2 Å². The number of hydrogen-bond acceptors (Lipinski definition) is 3. The molecule has 100 valence electrons. The molecule has 1 aliphatic rings. The number of thiophene rings is 1. The molecule has 3 nitrogen and oxygen atoms in total. The molecule has 4 heteroatoms. The van der Waals surface area contributed by atoms with Crippen LogP contribution in [0.15, 0.2) is 12.1 Å². The van der Waals surface area contributed by atoms with Crippen LogP contribution in [0, 0.1) is 5.41 Å². The van der Waals surface area contributed by atoms with Crippen molar-refractivity contribution in [2.45, 2.75) is 52.1 Å². The average Bonchev–Trinajstić information content (AvgIpc) is 2.76. The molecule has 0 saturated heterocycles. The summed E-state index contributed by atoms with van der Waals surface area (Å²) in [6.07, 6.45) is 5.00. The molecule has 18 heavy (non-hydrogen) atoms. The van der Waals surface area contributed by atoms with Crippen LogP contribution in [0.4, 0.5) is 0 Å². The van der Waals surface area contributed by atoms with Crippen LogP contribution in [0.5, 0.6) is 0 Å². The van der Waals surface area contributed by atoms with Crippen molar-refractivity contribution in [2.24, 2.45) is 5.41 Å². The van der Waals surface area contributed by atoms with Crippen LogP contribution >= 0.6 is 11.3 Å². The van der Waals surface area contributed by atoms with Crippen LogP contribution in [-0.4, -0.2) is 17.1 Å². The molecule has 0 amide bonds. The fourth-order valence-corrected chi connectivity index (χ4v) is 3.23. The first-order chi connectivity index (χ1) is 8.46. The van der Waals surface area contributed by atoms with Crippen molar-refractivity contribution in [1.82, 2.24) is 5.32 Å². The van der Waals surface area contributed by atoms with Crippen LogP contribution in [0.1, 0.15) is 54.1 Å². The van der Waals surface area contributed by atoms with Crippen molar-refractivity contribution in [2.75, 3.05) is 0 Å². The fourth-order valence-electron chi connectivity index (χ4n) is 2.44. The molecule has 0 aliphatic heterocycles. The van der Waals surface area contributed by atoms with E-state index in [0.717, 1.165) is 11.4 Å². The number of nitrogens with one attached hydrogen (secondary N) is 1. The Labute approximate surface area is 112 Å². The highest BCUT2D eigenvalue weighted by Crippen LogP contribution is 2.35. The minimum atomic E-state index is -0.828. The van der Waals surface area contributed by atoms with E-state index in [1.54, 1.807) is 6.07 Å². The lowest BCUT2D eigenvalue weighted by Crippen LogP contribution is -2.34. The quantitative estimate of drug-likeness (QED) is 0.877. The topological polar surface area (TPSA) is 49.3 Å². The van der Waals surface area contributed by atoms with Crippen LogP contribution < -0.4 is 5.32 Å². The Balaban J connectivity index is 1.79.